The van der Waals surface area contributed by atoms with E-state index in [2.05, 4.69) is 34.9 Å². The molecule has 186 valence electrons. The van der Waals surface area contributed by atoms with Crippen LogP contribution in [0.25, 0.3) is 11.1 Å². The van der Waals surface area contributed by atoms with E-state index >= 15 is 0 Å². The smallest absolute Gasteiger partial charge is 0.407 e. The summed E-state index contributed by atoms with van der Waals surface area (Å²) in [6.45, 7) is 3.01. The van der Waals surface area contributed by atoms with Crippen molar-refractivity contribution >= 4 is 18.0 Å². The Morgan fingerprint density at radius 2 is 1.66 bits per heavy atom. The number of hydrogen-bond donors (Lipinski definition) is 3. The molecule has 4 rings (SSSR count). The topological polar surface area (TPSA) is 105 Å². The van der Waals surface area contributed by atoms with Gasteiger partial charge < -0.3 is 20.5 Å². The number of ether oxygens (including phenoxy) is 1. The monoisotopic (exact) mass is 478 g/mol. The normalized spacial score (nSPS) is 19.5. The molecule has 0 aliphatic heterocycles. The first kappa shape index (κ1) is 24.8. The minimum Gasteiger partial charge on any atom is -0.481 e. The highest BCUT2D eigenvalue weighted by Gasteiger charge is 2.33. The first-order valence-corrected chi connectivity index (χ1v) is 12.5. The van der Waals surface area contributed by atoms with Crippen LogP contribution >= 0.6 is 0 Å². The van der Waals surface area contributed by atoms with Crippen molar-refractivity contribution in [2.24, 2.45) is 17.8 Å². The molecule has 2 aromatic rings. The van der Waals surface area contributed by atoms with Gasteiger partial charge in [-0.1, -0.05) is 61.9 Å². The summed E-state index contributed by atoms with van der Waals surface area (Å²) >= 11 is 0. The highest BCUT2D eigenvalue weighted by molar-refractivity contribution is 5.80. The Morgan fingerprint density at radius 3 is 2.31 bits per heavy atom. The fourth-order valence-corrected chi connectivity index (χ4v) is 5.46. The number of amides is 2. The average Bonchev–Trinajstić information content (AvgIpc) is 3.44. The zero-order valence-corrected chi connectivity index (χ0v) is 20.2. The lowest BCUT2D eigenvalue weighted by Gasteiger charge is -2.20. The van der Waals surface area contributed by atoms with Gasteiger partial charge in [-0.3, -0.25) is 9.59 Å². The Labute approximate surface area is 206 Å². The van der Waals surface area contributed by atoms with Crippen molar-refractivity contribution in [3.63, 3.8) is 0 Å². The van der Waals surface area contributed by atoms with Gasteiger partial charge in [-0.2, -0.15) is 0 Å². The number of carboxylic acid groups (broad SMARTS) is 1. The predicted molar refractivity (Wildman–Crippen MR) is 133 cm³/mol. The van der Waals surface area contributed by atoms with Crippen molar-refractivity contribution in [3.8, 4) is 11.1 Å². The molecule has 2 amide bonds. The molecular weight excluding hydrogens is 444 g/mol. The van der Waals surface area contributed by atoms with Crippen molar-refractivity contribution in [1.82, 2.24) is 10.6 Å². The second kappa shape index (κ2) is 11.4. The van der Waals surface area contributed by atoms with Crippen molar-refractivity contribution < 1.29 is 24.2 Å². The number of rotatable bonds is 10. The molecule has 2 aliphatic rings. The fourth-order valence-electron chi connectivity index (χ4n) is 5.46. The predicted octanol–water partition coefficient (Wildman–Crippen LogP) is 4.56. The van der Waals surface area contributed by atoms with Gasteiger partial charge >= 0.3 is 12.1 Å². The number of carboxylic acids is 1. The minimum atomic E-state index is -0.820. The van der Waals surface area contributed by atoms with Crippen LogP contribution in [0.15, 0.2) is 48.5 Å². The Kier molecular flexibility index (Phi) is 8.06. The minimum absolute atomic E-state index is 0.00985. The van der Waals surface area contributed by atoms with Crippen molar-refractivity contribution in [2.45, 2.75) is 44.9 Å². The van der Waals surface area contributed by atoms with E-state index in [1.807, 2.05) is 31.2 Å². The van der Waals surface area contributed by atoms with E-state index in [1.165, 1.54) is 22.3 Å². The van der Waals surface area contributed by atoms with Crippen LogP contribution in [0.4, 0.5) is 4.79 Å². The van der Waals surface area contributed by atoms with E-state index in [0.29, 0.717) is 19.5 Å². The maximum atomic E-state index is 12.7. The van der Waals surface area contributed by atoms with Gasteiger partial charge in [0.2, 0.25) is 5.91 Å². The summed E-state index contributed by atoms with van der Waals surface area (Å²) in [7, 11) is 0. The standard InChI is InChI=1S/C28H34N2O5/c1-18(15-26(31)32)13-14-29-27(33)20-12-6-7-19(20)16-30-28(34)35-17-25-23-10-4-2-8-21(23)22-9-3-5-11-24(22)25/h2-5,8-11,18-20,25H,6-7,12-17H2,1H3,(H,29,33)(H,30,34)(H,31,32)/t18?,19-,20-/m1/s1. The summed E-state index contributed by atoms with van der Waals surface area (Å²) in [6, 6.07) is 16.5. The molecule has 0 saturated heterocycles. The van der Waals surface area contributed by atoms with Gasteiger partial charge in [0.1, 0.15) is 6.61 Å². The number of carbonyl (C=O) groups excluding carboxylic acids is 2. The van der Waals surface area contributed by atoms with Crippen LogP contribution in [0.1, 0.15) is 56.1 Å². The molecule has 0 spiro atoms. The third kappa shape index (κ3) is 6.02. The van der Waals surface area contributed by atoms with Crippen LogP contribution in [-0.4, -0.2) is 42.8 Å². The summed E-state index contributed by atoms with van der Waals surface area (Å²) in [5, 5.41) is 14.7. The average molecular weight is 479 g/mol. The van der Waals surface area contributed by atoms with E-state index in [9.17, 15) is 14.4 Å². The molecule has 0 bridgehead atoms. The van der Waals surface area contributed by atoms with Crippen molar-refractivity contribution in [2.75, 3.05) is 19.7 Å². The maximum absolute atomic E-state index is 12.7. The van der Waals surface area contributed by atoms with Crippen LogP contribution in [0.3, 0.4) is 0 Å². The van der Waals surface area contributed by atoms with E-state index in [0.717, 1.165) is 19.3 Å². The molecule has 35 heavy (non-hydrogen) atoms. The molecule has 3 N–H and O–H groups in total. The second-order valence-electron chi connectivity index (χ2n) is 9.79. The van der Waals surface area contributed by atoms with Crippen LogP contribution in [0.5, 0.6) is 0 Å². The van der Waals surface area contributed by atoms with Gasteiger partial charge in [0.05, 0.1) is 0 Å². The Hall–Kier alpha value is -3.35. The number of benzene rings is 2. The third-order valence-corrected chi connectivity index (χ3v) is 7.31. The zero-order chi connectivity index (χ0) is 24.8. The van der Waals surface area contributed by atoms with E-state index in [-0.39, 0.29) is 42.6 Å². The number of aliphatic carboxylic acids is 1. The highest BCUT2D eigenvalue weighted by Crippen LogP contribution is 2.44. The molecule has 2 aromatic carbocycles. The van der Waals surface area contributed by atoms with E-state index in [4.69, 9.17) is 9.84 Å². The zero-order valence-electron chi connectivity index (χ0n) is 20.2. The van der Waals surface area contributed by atoms with E-state index in [1.54, 1.807) is 0 Å². The summed E-state index contributed by atoms with van der Waals surface area (Å²) in [5.74, 6) is -0.863. The largest absolute Gasteiger partial charge is 0.481 e. The number of hydrogen-bond acceptors (Lipinski definition) is 4. The number of fused-ring (bicyclic) bond motifs is 3. The van der Waals surface area contributed by atoms with Crippen LogP contribution in [-0.2, 0) is 14.3 Å². The maximum Gasteiger partial charge on any atom is 0.407 e. The Morgan fingerprint density at radius 1 is 1.00 bits per heavy atom. The van der Waals surface area contributed by atoms with Crippen molar-refractivity contribution in [1.29, 1.82) is 0 Å². The first-order valence-electron chi connectivity index (χ1n) is 12.5. The SMILES string of the molecule is CC(CCNC(=O)[C@@H]1CCC[C@@H]1CNC(=O)OCC1c2ccccc2-c2ccccc21)CC(=O)O. The lowest BCUT2D eigenvalue weighted by molar-refractivity contribution is -0.138. The summed E-state index contributed by atoms with van der Waals surface area (Å²) in [5.41, 5.74) is 4.72. The molecule has 1 unspecified atom stereocenters. The Balaban J connectivity index is 1.24. The second-order valence-corrected chi connectivity index (χ2v) is 9.79. The number of nitrogens with one attached hydrogen (secondary N) is 2. The van der Waals surface area contributed by atoms with Crippen molar-refractivity contribution in [3.05, 3.63) is 59.7 Å². The Bertz CT molecular complexity index is 1020. The summed E-state index contributed by atoms with van der Waals surface area (Å²) < 4.78 is 5.62. The van der Waals surface area contributed by atoms with Gasteiger partial charge in [-0.05, 0) is 53.4 Å². The molecule has 0 aromatic heterocycles. The molecule has 1 fully saturated rings. The molecule has 7 heteroatoms. The van der Waals surface area contributed by atoms with Gasteiger partial charge in [0.15, 0.2) is 0 Å². The van der Waals surface area contributed by atoms with Gasteiger partial charge in [-0.15, -0.1) is 0 Å². The van der Waals surface area contributed by atoms with Crippen LogP contribution < -0.4 is 10.6 Å². The van der Waals surface area contributed by atoms with Crippen LogP contribution in [0.2, 0.25) is 0 Å². The number of carbonyl (C=O) groups is 3. The molecule has 7 nitrogen and oxygen atoms in total. The lowest BCUT2D eigenvalue weighted by atomic mass is 9.95. The molecule has 3 atom stereocenters. The highest BCUT2D eigenvalue weighted by atomic mass is 16.5. The molecule has 0 radical (unpaired) electrons. The molecule has 2 aliphatic carbocycles. The first-order chi connectivity index (χ1) is 16.9. The third-order valence-electron chi connectivity index (χ3n) is 7.31. The molecule has 0 heterocycles. The quantitative estimate of drug-likeness (QED) is 0.464. The van der Waals surface area contributed by atoms with E-state index < -0.39 is 12.1 Å². The summed E-state index contributed by atoms with van der Waals surface area (Å²) in [6.07, 6.45) is 2.91. The fraction of sp³-hybridized carbons (Fsp3) is 0.464. The lowest BCUT2D eigenvalue weighted by Crippen LogP contribution is -2.38. The van der Waals surface area contributed by atoms with Gasteiger partial charge in [-0.25, -0.2) is 4.79 Å². The van der Waals surface area contributed by atoms with Gasteiger partial charge in [0, 0.05) is 31.3 Å². The molecule has 1 saturated carbocycles. The summed E-state index contributed by atoms with van der Waals surface area (Å²) in [4.78, 5) is 36.0. The van der Waals surface area contributed by atoms with Gasteiger partial charge in [0.25, 0.3) is 0 Å². The van der Waals surface area contributed by atoms with Crippen LogP contribution in [0, 0.1) is 17.8 Å². The number of alkyl carbamates (subject to hydrolysis) is 1. The molecular formula is C28H34N2O5.